The number of guanidine groups is 1. The first kappa shape index (κ1) is 21.2. The van der Waals surface area contributed by atoms with Crippen molar-refractivity contribution in [2.45, 2.75) is 31.9 Å². The second-order valence-electron chi connectivity index (χ2n) is 5.98. The molecule has 1 saturated heterocycles. The van der Waals surface area contributed by atoms with Crippen LogP contribution in [0.15, 0.2) is 23.3 Å². The largest absolute Gasteiger partial charge is 0.381 e. The molecule has 0 spiro atoms. The number of aryl methyl sites for hydroxylation is 1. The summed E-state index contributed by atoms with van der Waals surface area (Å²) in [6.45, 7) is 4.16. The van der Waals surface area contributed by atoms with Crippen molar-refractivity contribution < 1.29 is 9.47 Å². The Morgan fingerprint density at radius 2 is 2.21 bits per heavy atom. The third kappa shape index (κ3) is 6.98. The highest BCUT2D eigenvalue weighted by molar-refractivity contribution is 14.0. The van der Waals surface area contributed by atoms with Crippen LogP contribution in [0.25, 0.3) is 0 Å². The van der Waals surface area contributed by atoms with Crippen molar-refractivity contribution in [3.05, 3.63) is 24.0 Å². The first-order chi connectivity index (χ1) is 11.2. The SMILES string of the molecule is CN=C(NCCCOC1CCOCC1)N(C)Cc1cccn1C.I. The Bertz CT molecular complexity index is 487. The van der Waals surface area contributed by atoms with Crippen LogP contribution in [0.4, 0.5) is 0 Å². The number of hydrogen-bond acceptors (Lipinski definition) is 3. The molecule has 1 aromatic heterocycles. The normalized spacial score (nSPS) is 15.9. The lowest BCUT2D eigenvalue weighted by atomic mass is 10.1. The van der Waals surface area contributed by atoms with E-state index in [1.54, 1.807) is 0 Å². The average Bonchev–Trinajstić information content (AvgIpc) is 2.96. The average molecular weight is 450 g/mol. The minimum atomic E-state index is 0. The van der Waals surface area contributed by atoms with E-state index in [0.717, 1.165) is 58.1 Å². The van der Waals surface area contributed by atoms with Crippen molar-refractivity contribution in [2.75, 3.05) is 40.5 Å². The number of rotatable bonds is 7. The molecular weight excluding hydrogens is 419 g/mol. The van der Waals surface area contributed by atoms with Crippen LogP contribution in [0.2, 0.25) is 0 Å². The molecule has 2 rings (SSSR count). The van der Waals surface area contributed by atoms with Crippen LogP contribution in [0.5, 0.6) is 0 Å². The Balaban J connectivity index is 0.00000288. The molecule has 0 aromatic carbocycles. The van der Waals surface area contributed by atoms with Crippen LogP contribution in [-0.4, -0.2) is 62.0 Å². The molecule has 0 aliphatic carbocycles. The van der Waals surface area contributed by atoms with E-state index < -0.39 is 0 Å². The lowest BCUT2D eigenvalue weighted by Crippen LogP contribution is -2.39. The van der Waals surface area contributed by atoms with Gasteiger partial charge in [0, 0.05) is 59.4 Å². The summed E-state index contributed by atoms with van der Waals surface area (Å²) >= 11 is 0. The van der Waals surface area contributed by atoms with Gasteiger partial charge in [-0.3, -0.25) is 4.99 Å². The predicted octanol–water partition coefficient (Wildman–Crippen LogP) is 2.24. The van der Waals surface area contributed by atoms with Gasteiger partial charge >= 0.3 is 0 Å². The first-order valence-electron chi connectivity index (χ1n) is 8.42. The number of hydrogen-bond donors (Lipinski definition) is 1. The van der Waals surface area contributed by atoms with Crippen LogP contribution in [0.3, 0.4) is 0 Å². The molecule has 0 saturated carbocycles. The van der Waals surface area contributed by atoms with Crippen molar-refractivity contribution in [2.24, 2.45) is 12.0 Å². The zero-order valence-electron chi connectivity index (χ0n) is 15.0. The van der Waals surface area contributed by atoms with Gasteiger partial charge < -0.3 is 24.3 Å². The zero-order chi connectivity index (χ0) is 16.5. The number of aromatic nitrogens is 1. The van der Waals surface area contributed by atoms with Crippen LogP contribution in [-0.2, 0) is 23.1 Å². The molecule has 0 amide bonds. The zero-order valence-corrected chi connectivity index (χ0v) is 17.4. The highest BCUT2D eigenvalue weighted by atomic mass is 127. The van der Waals surface area contributed by atoms with E-state index >= 15 is 0 Å². The second-order valence-corrected chi connectivity index (χ2v) is 5.98. The van der Waals surface area contributed by atoms with Crippen LogP contribution in [0, 0.1) is 0 Å². The standard InChI is InChI=1S/C17H30N4O2.HI/c1-18-17(21(3)14-15-6-4-10-20(15)2)19-9-5-11-23-16-7-12-22-13-8-16;/h4,6,10,16H,5,7-9,11-14H2,1-3H3,(H,18,19);1H. The lowest BCUT2D eigenvalue weighted by Gasteiger charge is -2.24. The fourth-order valence-electron chi connectivity index (χ4n) is 2.73. The summed E-state index contributed by atoms with van der Waals surface area (Å²) in [6.07, 6.45) is 5.47. The molecule has 0 bridgehead atoms. The van der Waals surface area contributed by atoms with Crippen LogP contribution >= 0.6 is 24.0 Å². The summed E-state index contributed by atoms with van der Waals surface area (Å²) in [5.41, 5.74) is 1.26. The molecule has 1 aromatic rings. The summed E-state index contributed by atoms with van der Waals surface area (Å²) in [7, 11) is 5.94. The van der Waals surface area contributed by atoms with Crippen molar-refractivity contribution in [3.63, 3.8) is 0 Å². The van der Waals surface area contributed by atoms with Gasteiger partial charge in [-0.15, -0.1) is 24.0 Å². The molecule has 7 heteroatoms. The van der Waals surface area contributed by atoms with Crippen LogP contribution in [0.1, 0.15) is 25.0 Å². The van der Waals surface area contributed by atoms with Gasteiger partial charge in [0.1, 0.15) is 0 Å². The van der Waals surface area contributed by atoms with Crippen molar-refractivity contribution >= 4 is 29.9 Å². The lowest BCUT2D eigenvalue weighted by molar-refractivity contribution is -0.0320. The molecule has 1 aliphatic rings. The summed E-state index contributed by atoms with van der Waals surface area (Å²) in [4.78, 5) is 6.48. The molecule has 1 aliphatic heterocycles. The molecule has 0 radical (unpaired) electrons. The maximum absolute atomic E-state index is 5.88. The van der Waals surface area contributed by atoms with E-state index in [4.69, 9.17) is 9.47 Å². The number of nitrogens with one attached hydrogen (secondary N) is 1. The predicted molar refractivity (Wildman–Crippen MR) is 108 cm³/mol. The van der Waals surface area contributed by atoms with Gasteiger partial charge in [0.15, 0.2) is 5.96 Å². The number of halogens is 1. The van der Waals surface area contributed by atoms with Crippen molar-refractivity contribution in [1.82, 2.24) is 14.8 Å². The monoisotopic (exact) mass is 450 g/mol. The minimum Gasteiger partial charge on any atom is -0.381 e. The van der Waals surface area contributed by atoms with E-state index in [1.807, 2.05) is 7.05 Å². The third-order valence-corrected chi connectivity index (χ3v) is 4.15. The first-order valence-corrected chi connectivity index (χ1v) is 8.42. The van der Waals surface area contributed by atoms with Gasteiger partial charge in [0.2, 0.25) is 0 Å². The van der Waals surface area contributed by atoms with Crippen LogP contribution < -0.4 is 5.32 Å². The Hall–Kier alpha value is -0.800. The quantitative estimate of drug-likeness (QED) is 0.300. The Labute approximate surface area is 162 Å². The molecule has 1 N–H and O–H groups in total. The molecule has 2 heterocycles. The molecule has 24 heavy (non-hydrogen) atoms. The highest BCUT2D eigenvalue weighted by Crippen LogP contribution is 2.10. The third-order valence-electron chi connectivity index (χ3n) is 4.15. The van der Waals surface area contributed by atoms with E-state index in [1.165, 1.54) is 5.69 Å². The maximum Gasteiger partial charge on any atom is 0.193 e. The molecule has 1 fully saturated rings. The van der Waals surface area contributed by atoms with E-state index in [-0.39, 0.29) is 24.0 Å². The molecule has 138 valence electrons. The Morgan fingerprint density at radius 3 is 2.83 bits per heavy atom. The Kier molecular flexibility index (Phi) is 10.4. The fraction of sp³-hybridized carbons (Fsp3) is 0.706. The van der Waals surface area contributed by atoms with Gasteiger partial charge in [-0.1, -0.05) is 0 Å². The van der Waals surface area contributed by atoms with Gasteiger partial charge in [-0.25, -0.2) is 0 Å². The van der Waals surface area contributed by atoms with Gasteiger partial charge in [0.05, 0.1) is 12.6 Å². The van der Waals surface area contributed by atoms with Gasteiger partial charge in [0.25, 0.3) is 0 Å². The van der Waals surface area contributed by atoms with E-state index in [0.29, 0.717) is 6.10 Å². The highest BCUT2D eigenvalue weighted by Gasteiger charge is 2.13. The molecule has 0 atom stereocenters. The number of aliphatic imine (C=N–C) groups is 1. The van der Waals surface area contributed by atoms with Gasteiger partial charge in [-0.05, 0) is 31.4 Å². The van der Waals surface area contributed by atoms with E-state index in [9.17, 15) is 0 Å². The number of ether oxygens (including phenoxy) is 2. The minimum absolute atomic E-state index is 0. The summed E-state index contributed by atoms with van der Waals surface area (Å²) < 4.78 is 13.3. The molecule has 6 nitrogen and oxygen atoms in total. The van der Waals surface area contributed by atoms with Crippen molar-refractivity contribution in [3.8, 4) is 0 Å². The maximum atomic E-state index is 5.88. The number of nitrogens with zero attached hydrogens (tertiary/aromatic N) is 3. The Morgan fingerprint density at radius 1 is 1.46 bits per heavy atom. The molecule has 0 unspecified atom stereocenters. The molecular formula is C17H31IN4O2. The topological polar surface area (TPSA) is 51.0 Å². The second kappa shape index (κ2) is 11.7. The smallest absolute Gasteiger partial charge is 0.193 e. The van der Waals surface area contributed by atoms with E-state index in [2.05, 4.69) is 52.2 Å². The van der Waals surface area contributed by atoms with Crippen molar-refractivity contribution in [1.29, 1.82) is 0 Å². The summed E-state index contributed by atoms with van der Waals surface area (Å²) in [5, 5.41) is 3.40. The van der Waals surface area contributed by atoms with Gasteiger partial charge in [-0.2, -0.15) is 0 Å². The summed E-state index contributed by atoms with van der Waals surface area (Å²) in [6, 6.07) is 4.19. The summed E-state index contributed by atoms with van der Waals surface area (Å²) in [5.74, 6) is 0.914. The fourth-order valence-corrected chi connectivity index (χ4v) is 2.73.